The highest BCUT2D eigenvalue weighted by Crippen LogP contribution is 2.19. The maximum Gasteiger partial charge on any atom is 0.364 e. The van der Waals surface area contributed by atoms with Crippen LogP contribution < -0.4 is 11.1 Å². The number of rotatable bonds is 7. The van der Waals surface area contributed by atoms with Crippen LogP contribution in [0.1, 0.15) is 23.2 Å². The lowest BCUT2D eigenvalue weighted by Crippen LogP contribution is -2.14. The Labute approximate surface area is 107 Å². The van der Waals surface area contributed by atoms with Gasteiger partial charge in [0.25, 0.3) is 0 Å². The number of nitrogens with zero attached hydrogens (tertiary/aromatic N) is 2. The number of carbonyl (C=O) groups is 2. The predicted molar refractivity (Wildman–Crippen MR) is 64.8 cm³/mol. The summed E-state index contributed by atoms with van der Waals surface area (Å²) in [6.45, 7) is 0.308. The van der Waals surface area contributed by atoms with Gasteiger partial charge in [0.15, 0.2) is 6.20 Å². The van der Waals surface area contributed by atoms with E-state index in [4.69, 9.17) is 10.8 Å². The third-order valence-electron chi connectivity index (χ3n) is 2.22. The van der Waals surface area contributed by atoms with Gasteiger partial charge in [-0.3, -0.25) is 4.79 Å². The lowest BCUT2D eigenvalue weighted by atomic mass is 10.2. The third kappa shape index (κ3) is 4.22. The number of hydrogen-bond acceptors (Lipinski definition) is 6. The van der Waals surface area contributed by atoms with Gasteiger partial charge in [-0.1, -0.05) is 0 Å². The first-order valence-corrected chi connectivity index (χ1v) is 5.31. The molecule has 0 bridgehead atoms. The van der Waals surface area contributed by atoms with Crippen LogP contribution >= 0.6 is 0 Å². The average molecular weight is 268 g/mol. The molecule has 0 fully saturated rings. The second-order valence-corrected chi connectivity index (χ2v) is 3.65. The number of nitrogens with two attached hydrogens (primary N) is 1. The van der Waals surface area contributed by atoms with Gasteiger partial charge in [0.05, 0.1) is 17.3 Å². The maximum atomic E-state index is 11.0. The Bertz CT molecular complexity index is 517. The predicted octanol–water partition coefficient (Wildman–Crippen LogP) is 0.365. The van der Waals surface area contributed by atoms with E-state index in [1.54, 1.807) is 0 Å². The number of carbonyl (C=O) groups excluding carboxylic acids is 1. The number of nitrogens with one attached hydrogen (secondary N) is 1. The summed E-state index contributed by atoms with van der Waals surface area (Å²) in [5.41, 5.74) is 4.86. The molecule has 1 aromatic heterocycles. The van der Waals surface area contributed by atoms with Crippen molar-refractivity contribution in [2.24, 2.45) is 5.73 Å². The van der Waals surface area contributed by atoms with Crippen LogP contribution in [0.5, 0.6) is 0 Å². The molecule has 19 heavy (non-hydrogen) atoms. The molecule has 0 unspecified atom stereocenters. The van der Waals surface area contributed by atoms with Crippen LogP contribution in [-0.4, -0.2) is 33.4 Å². The summed E-state index contributed by atoms with van der Waals surface area (Å²) in [5, 5.41) is 22.2. The van der Waals surface area contributed by atoms with Crippen molar-refractivity contribution in [2.75, 3.05) is 11.9 Å². The molecule has 1 aromatic rings. The number of hydrogen-bond donors (Lipinski definition) is 3. The molecule has 0 saturated carbocycles. The fraction of sp³-hybridized carbons (Fsp3) is 0.300. The molecule has 9 heteroatoms. The standard InChI is InChI=1S/C10H12N4O5/c11-8(15)2-1-3-12-7-5-13-9(14(18)19)4-6(7)10(16)17/h4-5,12H,1-3H2,(H2,11,15)(H,16,17). The molecule has 4 N–H and O–H groups in total. The van der Waals surface area contributed by atoms with E-state index in [0.29, 0.717) is 13.0 Å². The SMILES string of the molecule is NC(=O)CCCNc1cnc([N+](=O)[O-])cc1C(=O)O. The van der Waals surface area contributed by atoms with Crippen molar-refractivity contribution in [3.63, 3.8) is 0 Å². The number of aromatic nitrogens is 1. The minimum absolute atomic E-state index is 0.155. The Kier molecular flexibility index (Phi) is 4.75. The molecule has 0 saturated heterocycles. The van der Waals surface area contributed by atoms with Gasteiger partial charge in [-0.2, -0.15) is 0 Å². The lowest BCUT2D eigenvalue weighted by Gasteiger charge is -2.06. The molecule has 0 aliphatic carbocycles. The van der Waals surface area contributed by atoms with E-state index in [1.807, 2.05) is 0 Å². The minimum atomic E-state index is -1.30. The summed E-state index contributed by atoms with van der Waals surface area (Å²) in [4.78, 5) is 34.7. The Balaban J connectivity index is 2.79. The lowest BCUT2D eigenvalue weighted by molar-refractivity contribution is -0.389. The first kappa shape index (κ1) is 14.4. The Morgan fingerprint density at radius 3 is 2.74 bits per heavy atom. The molecule has 0 aromatic carbocycles. The summed E-state index contributed by atoms with van der Waals surface area (Å²) < 4.78 is 0. The van der Waals surface area contributed by atoms with Crippen LogP contribution in [0.3, 0.4) is 0 Å². The molecular formula is C10H12N4O5. The summed E-state index contributed by atoms with van der Waals surface area (Å²) in [7, 11) is 0. The fourth-order valence-corrected chi connectivity index (χ4v) is 1.35. The molecular weight excluding hydrogens is 256 g/mol. The van der Waals surface area contributed by atoms with Crippen LogP contribution in [0, 0.1) is 10.1 Å². The molecule has 1 heterocycles. The molecule has 0 spiro atoms. The largest absolute Gasteiger partial charge is 0.478 e. The Morgan fingerprint density at radius 1 is 1.53 bits per heavy atom. The Morgan fingerprint density at radius 2 is 2.21 bits per heavy atom. The van der Waals surface area contributed by atoms with Crippen molar-refractivity contribution < 1.29 is 19.6 Å². The third-order valence-corrected chi connectivity index (χ3v) is 2.22. The van der Waals surface area contributed by atoms with Crippen molar-refractivity contribution in [3.8, 4) is 0 Å². The topological polar surface area (TPSA) is 148 Å². The quantitative estimate of drug-likeness (QED) is 0.367. The fourth-order valence-electron chi connectivity index (χ4n) is 1.35. The molecule has 9 nitrogen and oxygen atoms in total. The van der Waals surface area contributed by atoms with Gasteiger partial charge >= 0.3 is 11.8 Å². The van der Waals surface area contributed by atoms with Crippen LogP contribution in [-0.2, 0) is 4.79 Å². The van der Waals surface area contributed by atoms with E-state index in [-0.39, 0.29) is 17.7 Å². The van der Waals surface area contributed by atoms with Gasteiger partial charge in [-0.25, -0.2) is 4.79 Å². The molecule has 0 radical (unpaired) electrons. The van der Waals surface area contributed by atoms with Crippen LogP contribution in [0.15, 0.2) is 12.3 Å². The first-order valence-electron chi connectivity index (χ1n) is 5.31. The van der Waals surface area contributed by atoms with E-state index in [2.05, 4.69) is 10.3 Å². The van der Waals surface area contributed by atoms with Crippen LogP contribution in [0.4, 0.5) is 11.5 Å². The highest BCUT2D eigenvalue weighted by atomic mass is 16.6. The van der Waals surface area contributed by atoms with E-state index < -0.39 is 22.6 Å². The Hall–Kier alpha value is -2.71. The van der Waals surface area contributed by atoms with E-state index >= 15 is 0 Å². The van der Waals surface area contributed by atoms with Crippen molar-refractivity contribution in [1.29, 1.82) is 0 Å². The number of primary amides is 1. The maximum absolute atomic E-state index is 11.0. The van der Waals surface area contributed by atoms with Crippen molar-refractivity contribution in [1.82, 2.24) is 4.98 Å². The van der Waals surface area contributed by atoms with Crippen LogP contribution in [0.2, 0.25) is 0 Å². The first-order chi connectivity index (χ1) is 8.91. The summed E-state index contributed by atoms with van der Waals surface area (Å²) >= 11 is 0. The van der Waals surface area contributed by atoms with Gasteiger partial charge < -0.3 is 26.3 Å². The van der Waals surface area contributed by atoms with Gasteiger partial charge in [-0.05, 0) is 16.3 Å². The van der Waals surface area contributed by atoms with Gasteiger partial charge in [0, 0.05) is 13.0 Å². The smallest absolute Gasteiger partial charge is 0.364 e. The zero-order valence-corrected chi connectivity index (χ0v) is 9.83. The van der Waals surface area contributed by atoms with Crippen molar-refractivity contribution >= 4 is 23.4 Å². The second-order valence-electron chi connectivity index (χ2n) is 3.65. The zero-order valence-electron chi connectivity index (χ0n) is 9.83. The highest BCUT2D eigenvalue weighted by Gasteiger charge is 2.17. The van der Waals surface area contributed by atoms with E-state index in [0.717, 1.165) is 12.3 Å². The molecule has 0 aliphatic heterocycles. The number of amides is 1. The molecule has 0 atom stereocenters. The monoisotopic (exact) mass is 268 g/mol. The summed E-state index contributed by atoms with van der Waals surface area (Å²) in [6, 6.07) is 0.874. The van der Waals surface area contributed by atoms with E-state index in [1.165, 1.54) is 0 Å². The number of aromatic carboxylic acids is 1. The van der Waals surface area contributed by atoms with Crippen molar-refractivity contribution in [3.05, 3.63) is 27.9 Å². The number of nitro groups is 1. The minimum Gasteiger partial charge on any atom is -0.478 e. The highest BCUT2D eigenvalue weighted by molar-refractivity contribution is 5.94. The number of anilines is 1. The van der Waals surface area contributed by atoms with Crippen molar-refractivity contribution in [2.45, 2.75) is 12.8 Å². The zero-order chi connectivity index (χ0) is 14.4. The number of pyridine rings is 1. The summed E-state index contributed by atoms with van der Waals surface area (Å²) in [6.07, 6.45) is 1.66. The van der Waals surface area contributed by atoms with E-state index in [9.17, 15) is 19.7 Å². The second kappa shape index (κ2) is 6.28. The number of carboxylic acids is 1. The van der Waals surface area contributed by atoms with Crippen LogP contribution in [0.25, 0.3) is 0 Å². The average Bonchev–Trinajstić information content (AvgIpc) is 2.34. The van der Waals surface area contributed by atoms with Gasteiger partial charge in [0.1, 0.15) is 0 Å². The number of carboxylic acid groups (broad SMARTS) is 1. The molecule has 1 amide bonds. The van der Waals surface area contributed by atoms with Gasteiger partial charge in [0.2, 0.25) is 5.91 Å². The normalized spacial score (nSPS) is 9.89. The summed E-state index contributed by atoms with van der Waals surface area (Å²) in [5.74, 6) is -2.30. The molecule has 0 aliphatic rings. The van der Waals surface area contributed by atoms with Gasteiger partial charge in [-0.15, -0.1) is 0 Å². The molecule has 1 rings (SSSR count). The molecule has 102 valence electrons.